The van der Waals surface area contributed by atoms with Gasteiger partial charge in [-0.25, -0.2) is 0 Å². The average Bonchev–Trinajstić information content (AvgIpc) is 2.18. The molecule has 0 amide bonds. The van der Waals surface area contributed by atoms with Gasteiger partial charge in [-0.2, -0.15) is 0 Å². The molecule has 0 aliphatic heterocycles. The quantitative estimate of drug-likeness (QED) is 0.580. The number of nitrogens with two attached hydrogens (primary N) is 1. The van der Waals surface area contributed by atoms with E-state index in [2.05, 4.69) is 25.8 Å². The molecule has 0 spiro atoms. The van der Waals surface area contributed by atoms with Gasteiger partial charge < -0.3 is 10.6 Å². The number of hydrogen-bond acceptors (Lipinski definition) is 2. The number of likely N-dealkylation sites (N-methyl/N-ethyl adjacent to an activating group) is 1. The molecule has 0 aromatic heterocycles. The summed E-state index contributed by atoms with van der Waals surface area (Å²) in [4.78, 5) is 2.41. The van der Waals surface area contributed by atoms with E-state index in [9.17, 15) is 0 Å². The van der Waals surface area contributed by atoms with Crippen LogP contribution in [0.25, 0.3) is 0 Å². The van der Waals surface area contributed by atoms with Crippen LogP contribution in [-0.2, 0) is 0 Å². The summed E-state index contributed by atoms with van der Waals surface area (Å²) >= 11 is 0. The molecule has 0 bridgehead atoms. The average molecular weight is 200 g/mol. The molecule has 0 rings (SSSR count). The molecule has 0 aliphatic carbocycles. The van der Waals surface area contributed by atoms with E-state index in [-0.39, 0.29) is 0 Å². The van der Waals surface area contributed by atoms with E-state index in [0.717, 1.165) is 6.54 Å². The van der Waals surface area contributed by atoms with Crippen molar-refractivity contribution in [1.82, 2.24) is 4.90 Å². The predicted molar refractivity (Wildman–Crippen MR) is 64.5 cm³/mol. The van der Waals surface area contributed by atoms with E-state index < -0.39 is 0 Å². The Morgan fingerprint density at radius 2 is 1.79 bits per heavy atom. The Morgan fingerprint density at radius 1 is 1.07 bits per heavy atom. The lowest BCUT2D eigenvalue weighted by Crippen LogP contribution is -2.38. The lowest BCUT2D eigenvalue weighted by molar-refractivity contribution is 0.231. The zero-order valence-electron chi connectivity index (χ0n) is 10.3. The van der Waals surface area contributed by atoms with E-state index in [1.54, 1.807) is 0 Å². The minimum absolute atomic E-state index is 0.604. The second-order valence-electron chi connectivity index (χ2n) is 4.22. The first kappa shape index (κ1) is 13.9. The number of rotatable bonds is 9. The van der Waals surface area contributed by atoms with Crippen molar-refractivity contribution >= 4 is 0 Å². The van der Waals surface area contributed by atoms with Crippen molar-refractivity contribution < 1.29 is 0 Å². The van der Waals surface area contributed by atoms with Crippen LogP contribution in [0.2, 0.25) is 0 Å². The highest BCUT2D eigenvalue weighted by molar-refractivity contribution is 4.69. The normalized spacial score (nSPS) is 13.5. The molecule has 0 fully saturated rings. The fourth-order valence-electron chi connectivity index (χ4n) is 1.86. The fraction of sp³-hybridized carbons (Fsp3) is 1.00. The van der Waals surface area contributed by atoms with E-state index >= 15 is 0 Å². The third kappa shape index (κ3) is 6.39. The summed E-state index contributed by atoms with van der Waals surface area (Å²) in [7, 11) is 2.20. The predicted octanol–water partition coefficient (Wildman–Crippen LogP) is 2.63. The molecule has 0 aromatic rings. The summed E-state index contributed by atoms with van der Waals surface area (Å²) in [6.07, 6.45) is 7.89. The Kier molecular flexibility index (Phi) is 9.42. The number of unbranched alkanes of at least 4 members (excludes halogenated alkanes) is 3. The van der Waals surface area contributed by atoms with Gasteiger partial charge in [0, 0.05) is 12.6 Å². The first-order valence-electron chi connectivity index (χ1n) is 6.16. The van der Waals surface area contributed by atoms with Gasteiger partial charge in [-0.3, -0.25) is 0 Å². The molecule has 14 heavy (non-hydrogen) atoms. The lowest BCUT2D eigenvalue weighted by atomic mass is 10.1. The maximum absolute atomic E-state index is 5.78. The molecule has 0 saturated heterocycles. The van der Waals surface area contributed by atoms with Crippen molar-refractivity contribution in [3.63, 3.8) is 0 Å². The zero-order valence-corrected chi connectivity index (χ0v) is 10.3. The van der Waals surface area contributed by atoms with Gasteiger partial charge in [0.05, 0.1) is 0 Å². The molecular formula is C12H28N2. The molecule has 0 heterocycles. The van der Waals surface area contributed by atoms with Gasteiger partial charge in [0.1, 0.15) is 0 Å². The number of hydrogen-bond donors (Lipinski definition) is 1. The molecular weight excluding hydrogens is 172 g/mol. The zero-order chi connectivity index (χ0) is 10.8. The largest absolute Gasteiger partial charge is 0.329 e. The van der Waals surface area contributed by atoms with Crippen LogP contribution < -0.4 is 5.73 Å². The van der Waals surface area contributed by atoms with E-state index in [4.69, 9.17) is 5.73 Å². The first-order chi connectivity index (χ1) is 6.76. The van der Waals surface area contributed by atoms with Crippen molar-refractivity contribution in [2.45, 2.75) is 58.4 Å². The van der Waals surface area contributed by atoms with Crippen molar-refractivity contribution in [3.8, 4) is 0 Å². The standard InChI is InChI=1S/C12H28N2/c1-4-6-7-8-9-12(11-13)14(3)10-5-2/h12H,4-11,13H2,1-3H3. The van der Waals surface area contributed by atoms with Crippen LogP contribution in [0.5, 0.6) is 0 Å². The Labute approximate surface area is 89.9 Å². The van der Waals surface area contributed by atoms with Crippen LogP contribution in [0.4, 0.5) is 0 Å². The van der Waals surface area contributed by atoms with Gasteiger partial charge in [-0.1, -0.05) is 39.5 Å². The summed E-state index contributed by atoms with van der Waals surface area (Å²) in [5.74, 6) is 0. The maximum atomic E-state index is 5.78. The lowest BCUT2D eigenvalue weighted by Gasteiger charge is -2.26. The van der Waals surface area contributed by atoms with Gasteiger partial charge in [0.2, 0.25) is 0 Å². The molecule has 2 N–H and O–H groups in total. The molecule has 1 unspecified atom stereocenters. The van der Waals surface area contributed by atoms with Crippen LogP contribution in [0, 0.1) is 0 Å². The molecule has 0 radical (unpaired) electrons. The van der Waals surface area contributed by atoms with Crippen LogP contribution in [0.1, 0.15) is 52.4 Å². The van der Waals surface area contributed by atoms with E-state index in [1.165, 1.54) is 45.1 Å². The molecule has 2 heteroatoms. The van der Waals surface area contributed by atoms with Crippen molar-refractivity contribution in [1.29, 1.82) is 0 Å². The van der Waals surface area contributed by atoms with Crippen LogP contribution >= 0.6 is 0 Å². The van der Waals surface area contributed by atoms with E-state index in [0.29, 0.717) is 6.04 Å². The monoisotopic (exact) mass is 200 g/mol. The molecule has 1 atom stereocenters. The molecule has 0 aliphatic rings. The van der Waals surface area contributed by atoms with Gasteiger partial charge in [-0.15, -0.1) is 0 Å². The smallest absolute Gasteiger partial charge is 0.0215 e. The summed E-state index contributed by atoms with van der Waals surface area (Å²) < 4.78 is 0. The van der Waals surface area contributed by atoms with Gasteiger partial charge in [-0.05, 0) is 26.4 Å². The molecule has 0 aromatic carbocycles. The Morgan fingerprint density at radius 3 is 2.29 bits per heavy atom. The second kappa shape index (κ2) is 9.47. The Hall–Kier alpha value is -0.0800. The third-order valence-electron chi connectivity index (χ3n) is 2.86. The van der Waals surface area contributed by atoms with Gasteiger partial charge >= 0.3 is 0 Å². The number of nitrogens with zero attached hydrogens (tertiary/aromatic N) is 1. The maximum Gasteiger partial charge on any atom is 0.0215 e. The van der Waals surface area contributed by atoms with Crippen LogP contribution in [0.3, 0.4) is 0 Å². The van der Waals surface area contributed by atoms with Crippen LogP contribution in [0.15, 0.2) is 0 Å². The van der Waals surface area contributed by atoms with Crippen LogP contribution in [-0.4, -0.2) is 31.1 Å². The Bertz CT molecular complexity index is 115. The minimum Gasteiger partial charge on any atom is -0.329 e. The summed E-state index contributed by atoms with van der Waals surface area (Å²) in [5.41, 5.74) is 5.78. The highest BCUT2D eigenvalue weighted by Gasteiger charge is 2.10. The van der Waals surface area contributed by atoms with Crippen molar-refractivity contribution in [3.05, 3.63) is 0 Å². The van der Waals surface area contributed by atoms with Crippen molar-refractivity contribution in [2.24, 2.45) is 5.73 Å². The molecule has 0 saturated carbocycles. The molecule has 86 valence electrons. The summed E-state index contributed by atoms with van der Waals surface area (Å²) in [5, 5.41) is 0. The topological polar surface area (TPSA) is 29.3 Å². The molecule has 2 nitrogen and oxygen atoms in total. The van der Waals surface area contributed by atoms with Gasteiger partial charge in [0.25, 0.3) is 0 Å². The highest BCUT2D eigenvalue weighted by atomic mass is 15.1. The highest BCUT2D eigenvalue weighted by Crippen LogP contribution is 2.09. The third-order valence-corrected chi connectivity index (χ3v) is 2.86. The van der Waals surface area contributed by atoms with Gasteiger partial charge in [0.15, 0.2) is 0 Å². The van der Waals surface area contributed by atoms with Crippen molar-refractivity contribution in [2.75, 3.05) is 20.1 Å². The summed E-state index contributed by atoms with van der Waals surface area (Å²) in [6, 6.07) is 0.604. The summed E-state index contributed by atoms with van der Waals surface area (Å²) in [6.45, 7) is 6.46. The Balaban J connectivity index is 3.56. The SMILES string of the molecule is CCCCCCC(CN)N(C)CCC. The second-order valence-corrected chi connectivity index (χ2v) is 4.22. The van der Waals surface area contributed by atoms with E-state index in [1.807, 2.05) is 0 Å². The minimum atomic E-state index is 0.604. The fourth-order valence-corrected chi connectivity index (χ4v) is 1.86. The first-order valence-corrected chi connectivity index (χ1v) is 6.16.